The molecule has 0 aliphatic carbocycles. The van der Waals surface area contributed by atoms with Crippen LogP contribution in [0.4, 0.5) is 0 Å². The third kappa shape index (κ3) is 3.99. The van der Waals surface area contributed by atoms with E-state index in [0.717, 1.165) is 11.1 Å². The van der Waals surface area contributed by atoms with Gasteiger partial charge in [0.1, 0.15) is 11.6 Å². The van der Waals surface area contributed by atoms with Crippen molar-refractivity contribution < 1.29 is 9.53 Å². The lowest BCUT2D eigenvalue weighted by atomic mass is 10.0. The van der Waals surface area contributed by atoms with Crippen LogP contribution in [0.1, 0.15) is 29.2 Å². The number of carbonyl (C=O) groups is 1. The van der Waals surface area contributed by atoms with E-state index in [1.165, 1.54) is 0 Å². The molecule has 3 heteroatoms. The summed E-state index contributed by atoms with van der Waals surface area (Å²) in [6, 6.07) is 17.2. The van der Waals surface area contributed by atoms with E-state index in [2.05, 4.69) is 12.6 Å². The van der Waals surface area contributed by atoms with Gasteiger partial charge in [0.05, 0.1) is 0 Å². The van der Waals surface area contributed by atoms with Crippen LogP contribution in [0.2, 0.25) is 0 Å². The van der Waals surface area contributed by atoms with Crippen LogP contribution >= 0.6 is 0 Å². The van der Waals surface area contributed by atoms with Gasteiger partial charge < -0.3 is 4.74 Å². The normalized spacial score (nSPS) is 11.2. The number of nitrogens with zero attached hydrogens (tertiary/aromatic N) is 1. The number of benzene rings is 2. The van der Waals surface area contributed by atoms with E-state index in [9.17, 15) is 10.1 Å². The van der Waals surface area contributed by atoms with E-state index >= 15 is 0 Å². The van der Waals surface area contributed by atoms with Crippen molar-refractivity contribution in [2.75, 3.05) is 0 Å². The fourth-order valence-electron chi connectivity index (χ4n) is 2.11. The van der Waals surface area contributed by atoms with Crippen molar-refractivity contribution in [2.24, 2.45) is 0 Å². The number of ether oxygens (including phenoxy) is 1. The molecule has 0 aliphatic rings. The van der Waals surface area contributed by atoms with Crippen LogP contribution in [0, 0.1) is 25.2 Å². The lowest BCUT2D eigenvalue weighted by Gasteiger charge is -2.12. The van der Waals surface area contributed by atoms with Gasteiger partial charge in [-0.3, -0.25) is 0 Å². The van der Waals surface area contributed by atoms with Crippen LogP contribution in [0.15, 0.2) is 60.7 Å². The molecule has 0 fully saturated rings. The number of aryl methyl sites for hydroxylation is 2. The van der Waals surface area contributed by atoms with E-state index in [1.54, 1.807) is 6.92 Å². The van der Waals surface area contributed by atoms with Crippen molar-refractivity contribution in [2.45, 2.75) is 20.8 Å². The second-order valence-corrected chi connectivity index (χ2v) is 5.72. The molecule has 2 aromatic rings. The zero-order valence-electron chi connectivity index (χ0n) is 14.1. The Morgan fingerprint density at radius 3 is 1.83 bits per heavy atom. The summed E-state index contributed by atoms with van der Waals surface area (Å²) < 4.78 is 5.49. The number of carbonyl (C=O) groups excluding carboxylic acids is 1. The molecule has 2 rings (SSSR count). The molecular formula is C21H19NO2. The highest BCUT2D eigenvalue weighted by Gasteiger charge is 2.17. The molecule has 0 atom stereocenters. The first-order chi connectivity index (χ1) is 11.4. The standard InChI is InChI=1S/C21H19NO2/c1-14(2)21(23)24-20(18-11-7-16(4)8-12-18)19(13-22)17-9-5-15(3)6-10-17/h5-12H,1H2,2-4H3. The van der Waals surface area contributed by atoms with Gasteiger partial charge in [-0.15, -0.1) is 0 Å². The quantitative estimate of drug-likeness (QED) is 0.267. The first-order valence-corrected chi connectivity index (χ1v) is 7.58. The average molecular weight is 317 g/mol. The van der Waals surface area contributed by atoms with E-state index in [4.69, 9.17) is 4.74 Å². The number of rotatable bonds is 4. The number of esters is 1. The summed E-state index contributed by atoms with van der Waals surface area (Å²) in [5, 5.41) is 9.66. The Bertz CT molecular complexity index is 835. The lowest BCUT2D eigenvalue weighted by Crippen LogP contribution is -2.06. The molecule has 0 aliphatic heterocycles. The van der Waals surface area contributed by atoms with E-state index in [-0.39, 0.29) is 11.3 Å². The first kappa shape index (κ1) is 17.2. The third-order valence-corrected chi connectivity index (χ3v) is 3.54. The predicted octanol–water partition coefficient (Wildman–Crippen LogP) is 4.81. The van der Waals surface area contributed by atoms with Crippen LogP contribution in [0.25, 0.3) is 11.3 Å². The summed E-state index contributed by atoms with van der Waals surface area (Å²) in [6.07, 6.45) is 0. The van der Waals surface area contributed by atoms with Gasteiger partial charge in [0.2, 0.25) is 0 Å². The molecule has 0 spiro atoms. The van der Waals surface area contributed by atoms with Crippen molar-refractivity contribution in [3.63, 3.8) is 0 Å². The summed E-state index contributed by atoms with van der Waals surface area (Å²) in [6.45, 7) is 9.13. The molecule has 0 saturated heterocycles. The summed E-state index contributed by atoms with van der Waals surface area (Å²) in [5.41, 5.74) is 4.14. The van der Waals surface area contributed by atoms with E-state index in [0.29, 0.717) is 16.7 Å². The minimum absolute atomic E-state index is 0.245. The summed E-state index contributed by atoms with van der Waals surface area (Å²) in [7, 11) is 0. The van der Waals surface area contributed by atoms with Crippen LogP contribution < -0.4 is 0 Å². The Morgan fingerprint density at radius 2 is 1.42 bits per heavy atom. The maximum Gasteiger partial charge on any atom is 0.338 e. The van der Waals surface area contributed by atoms with Crippen LogP contribution in [0.5, 0.6) is 0 Å². The zero-order chi connectivity index (χ0) is 17.7. The molecule has 0 N–H and O–H groups in total. The Morgan fingerprint density at radius 1 is 0.958 bits per heavy atom. The van der Waals surface area contributed by atoms with E-state index < -0.39 is 5.97 Å². The molecule has 120 valence electrons. The number of hydrogen-bond donors (Lipinski definition) is 0. The maximum atomic E-state index is 12.0. The smallest absolute Gasteiger partial charge is 0.338 e. The largest absolute Gasteiger partial charge is 0.421 e. The van der Waals surface area contributed by atoms with Gasteiger partial charge in [0.25, 0.3) is 0 Å². The first-order valence-electron chi connectivity index (χ1n) is 7.58. The monoisotopic (exact) mass is 317 g/mol. The second kappa shape index (κ2) is 7.43. The highest BCUT2D eigenvalue weighted by Crippen LogP contribution is 2.28. The molecule has 0 saturated carbocycles. The number of allylic oxidation sites excluding steroid dienone is 1. The van der Waals surface area contributed by atoms with Crippen LogP contribution in [0.3, 0.4) is 0 Å². The van der Waals surface area contributed by atoms with Gasteiger partial charge in [-0.2, -0.15) is 5.26 Å². The minimum Gasteiger partial charge on any atom is -0.421 e. The fourth-order valence-corrected chi connectivity index (χ4v) is 2.11. The molecule has 0 radical (unpaired) electrons. The topological polar surface area (TPSA) is 50.1 Å². The fraction of sp³-hybridized carbons (Fsp3) is 0.143. The Labute approximate surface area is 142 Å². The SMILES string of the molecule is C=C(C)C(=O)OC(=C(C#N)c1ccc(C)cc1)c1ccc(C)cc1. The maximum absolute atomic E-state index is 12.0. The zero-order valence-corrected chi connectivity index (χ0v) is 14.1. The average Bonchev–Trinajstić information content (AvgIpc) is 2.56. The van der Waals surface area contributed by atoms with Gasteiger partial charge in [-0.1, -0.05) is 66.2 Å². The summed E-state index contributed by atoms with van der Waals surface area (Å²) in [4.78, 5) is 12.0. The minimum atomic E-state index is -0.551. The molecule has 0 bridgehead atoms. The van der Waals surface area contributed by atoms with E-state index in [1.807, 2.05) is 62.4 Å². The predicted molar refractivity (Wildman–Crippen MR) is 95.7 cm³/mol. The second-order valence-electron chi connectivity index (χ2n) is 5.72. The molecule has 0 heterocycles. The molecule has 0 aromatic heterocycles. The molecule has 0 unspecified atom stereocenters. The molecule has 3 nitrogen and oxygen atoms in total. The van der Waals surface area contributed by atoms with Crippen LogP contribution in [-0.4, -0.2) is 5.97 Å². The van der Waals surface area contributed by atoms with Crippen molar-refractivity contribution >= 4 is 17.3 Å². The molecule has 0 amide bonds. The number of nitriles is 1. The van der Waals surface area contributed by atoms with Crippen molar-refractivity contribution in [1.82, 2.24) is 0 Å². The van der Waals surface area contributed by atoms with Crippen LogP contribution in [-0.2, 0) is 9.53 Å². The Hall–Kier alpha value is -3.12. The van der Waals surface area contributed by atoms with Crippen molar-refractivity contribution in [3.8, 4) is 6.07 Å². The van der Waals surface area contributed by atoms with Crippen molar-refractivity contribution in [3.05, 3.63) is 82.9 Å². The van der Waals surface area contributed by atoms with Crippen molar-refractivity contribution in [1.29, 1.82) is 5.26 Å². The lowest BCUT2D eigenvalue weighted by molar-refractivity contribution is -0.132. The van der Waals surface area contributed by atoms with Gasteiger partial charge in [0, 0.05) is 11.1 Å². The van der Waals surface area contributed by atoms with Gasteiger partial charge >= 0.3 is 5.97 Å². The molecule has 2 aromatic carbocycles. The third-order valence-electron chi connectivity index (χ3n) is 3.54. The van der Waals surface area contributed by atoms with Gasteiger partial charge in [-0.25, -0.2) is 4.79 Å². The molecular weight excluding hydrogens is 298 g/mol. The summed E-state index contributed by atoms with van der Waals surface area (Å²) >= 11 is 0. The van der Waals surface area contributed by atoms with Gasteiger partial charge in [0.15, 0.2) is 5.76 Å². The Balaban J connectivity index is 2.63. The number of hydrogen-bond acceptors (Lipinski definition) is 3. The molecule has 24 heavy (non-hydrogen) atoms. The summed E-state index contributed by atoms with van der Waals surface area (Å²) in [5.74, 6) is -0.306. The highest BCUT2D eigenvalue weighted by atomic mass is 16.5. The Kier molecular flexibility index (Phi) is 5.34. The highest BCUT2D eigenvalue weighted by molar-refractivity contribution is 6.00. The van der Waals surface area contributed by atoms with Gasteiger partial charge in [-0.05, 0) is 26.3 Å².